The fourth-order valence-corrected chi connectivity index (χ4v) is 4.33. The first-order valence-electron chi connectivity index (χ1n) is 8.31. The van der Waals surface area contributed by atoms with Crippen LogP contribution in [-0.4, -0.2) is 25.6 Å². The highest BCUT2D eigenvalue weighted by Crippen LogP contribution is 2.28. The number of sulfonamides is 1. The average Bonchev–Trinajstić information content (AvgIpc) is 3.27. The summed E-state index contributed by atoms with van der Waals surface area (Å²) in [5.41, 5.74) is 2.57. The number of thiazole rings is 1. The molecular formula is C19H14BrN3O4S2. The third-order valence-electron chi connectivity index (χ3n) is 3.91. The molecule has 1 amide bonds. The van der Waals surface area contributed by atoms with Gasteiger partial charge in [-0.1, -0.05) is 28.1 Å². The van der Waals surface area contributed by atoms with Crippen LogP contribution in [0.25, 0.3) is 22.2 Å². The van der Waals surface area contributed by atoms with Gasteiger partial charge in [-0.3, -0.25) is 14.8 Å². The molecule has 0 atom stereocenters. The molecule has 0 unspecified atom stereocenters. The molecule has 0 bridgehead atoms. The number of aromatic nitrogens is 1. The Balaban J connectivity index is 1.49. The molecule has 2 aromatic carbocycles. The smallest absolute Gasteiger partial charge is 0.293 e. The summed E-state index contributed by atoms with van der Waals surface area (Å²) in [6.45, 7) is 0. The minimum Gasteiger partial charge on any atom is -0.451 e. The van der Waals surface area contributed by atoms with Crippen molar-refractivity contribution in [3.05, 3.63) is 64.1 Å². The van der Waals surface area contributed by atoms with E-state index in [2.05, 4.69) is 31.0 Å². The largest absolute Gasteiger partial charge is 0.451 e. The van der Waals surface area contributed by atoms with Gasteiger partial charge in [0, 0.05) is 26.5 Å². The van der Waals surface area contributed by atoms with E-state index in [-0.39, 0.29) is 11.7 Å². The number of furan rings is 1. The van der Waals surface area contributed by atoms with Gasteiger partial charge >= 0.3 is 0 Å². The maximum absolute atomic E-state index is 12.5. The van der Waals surface area contributed by atoms with Crippen molar-refractivity contribution in [1.29, 1.82) is 0 Å². The molecule has 0 radical (unpaired) electrons. The van der Waals surface area contributed by atoms with Crippen LogP contribution in [0.2, 0.25) is 0 Å². The van der Waals surface area contributed by atoms with Crippen LogP contribution in [0.3, 0.4) is 0 Å². The van der Waals surface area contributed by atoms with Crippen LogP contribution in [0.4, 0.5) is 10.8 Å². The Hall–Kier alpha value is -2.69. The van der Waals surface area contributed by atoms with E-state index >= 15 is 0 Å². The lowest BCUT2D eigenvalue weighted by Gasteiger charge is -2.04. The zero-order valence-electron chi connectivity index (χ0n) is 15.0. The lowest BCUT2D eigenvalue weighted by molar-refractivity contribution is 0.0998. The lowest BCUT2D eigenvalue weighted by Crippen LogP contribution is -2.10. The monoisotopic (exact) mass is 491 g/mol. The van der Waals surface area contributed by atoms with Crippen LogP contribution in [0.15, 0.2) is 62.8 Å². The predicted octanol–water partition coefficient (Wildman–Crippen LogP) is 4.94. The summed E-state index contributed by atoms with van der Waals surface area (Å²) < 4.78 is 31.5. The first-order valence-corrected chi connectivity index (χ1v) is 11.9. The van der Waals surface area contributed by atoms with Gasteiger partial charge in [-0.2, -0.15) is 0 Å². The second-order valence-electron chi connectivity index (χ2n) is 6.24. The quantitative estimate of drug-likeness (QED) is 0.411. The number of amides is 1. The van der Waals surface area contributed by atoms with Crippen LogP contribution >= 0.6 is 27.3 Å². The summed E-state index contributed by atoms with van der Waals surface area (Å²) in [5.74, 6) is -0.183. The van der Waals surface area contributed by atoms with Gasteiger partial charge in [-0.05, 0) is 36.4 Å². The van der Waals surface area contributed by atoms with E-state index in [0.29, 0.717) is 22.1 Å². The minimum atomic E-state index is -3.33. The molecule has 0 aliphatic carbocycles. The van der Waals surface area contributed by atoms with Gasteiger partial charge < -0.3 is 4.42 Å². The van der Waals surface area contributed by atoms with E-state index < -0.39 is 10.0 Å². The number of hydrogen-bond acceptors (Lipinski definition) is 6. The predicted molar refractivity (Wildman–Crippen MR) is 118 cm³/mol. The van der Waals surface area contributed by atoms with Crippen molar-refractivity contribution in [3.8, 4) is 11.3 Å². The first-order chi connectivity index (χ1) is 13.8. The highest BCUT2D eigenvalue weighted by molar-refractivity contribution is 9.10. The molecule has 2 heterocycles. The highest BCUT2D eigenvalue weighted by atomic mass is 79.9. The van der Waals surface area contributed by atoms with Crippen LogP contribution < -0.4 is 10.0 Å². The first kappa shape index (κ1) is 19.6. The van der Waals surface area contributed by atoms with Crippen molar-refractivity contribution >= 4 is 65.0 Å². The molecular weight excluding hydrogens is 478 g/mol. The number of hydrogen-bond donors (Lipinski definition) is 2. The zero-order chi connectivity index (χ0) is 20.6. The van der Waals surface area contributed by atoms with Gasteiger partial charge in [0.05, 0.1) is 11.9 Å². The van der Waals surface area contributed by atoms with Crippen molar-refractivity contribution in [2.75, 3.05) is 16.3 Å². The van der Waals surface area contributed by atoms with E-state index in [1.54, 1.807) is 36.4 Å². The summed E-state index contributed by atoms with van der Waals surface area (Å²) in [5, 5.41) is 5.81. The molecule has 10 heteroatoms. The number of nitrogens with zero attached hydrogens (tertiary/aromatic N) is 1. The maximum Gasteiger partial charge on any atom is 0.293 e. The number of rotatable bonds is 5. The summed E-state index contributed by atoms with van der Waals surface area (Å²) in [6, 6.07) is 14.0. The Kier molecular flexibility index (Phi) is 5.15. The summed E-state index contributed by atoms with van der Waals surface area (Å²) in [4.78, 5) is 16.9. The van der Waals surface area contributed by atoms with E-state index in [1.807, 2.05) is 17.5 Å². The fraction of sp³-hybridized carbons (Fsp3) is 0.0526. The number of carbonyl (C=O) groups excluding carboxylic acids is 1. The topological polar surface area (TPSA) is 101 Å². The lowest BCUT2D eigenvalue weighted by atomic mass is 10.1. The standard InChI is InChI=1S/C19H14BrN3O4S2/c1-29(25,26)23-14-5-2-11(3-6-14)15-10-28-19(21-15)22-18(24)17-9-12-8-13(20)4-7-16(12)27-17/h2-10,23H,1H3,(H,21,22,24). The average molecular weight is 492 g/mol. The van der Waals surface area contributed by atoms with Gasteiger partial charge in [0.1, 0.15) is 5.58 Å². The number of nitrogens with one attached hydrogen (secondary N) is 2. The zero-order valence-corrected chi connectivity index (χ0v) is 18.2. The van der Waals surface area contributed by atoms with E-state index in [4.69, 9.17) is 4.42 Å². The molecule has 0 saturated heterocycles. The van der Waals surface area contributed by atoms with Crippen molar-refractivity contribution in [2.45, 2.75) is 0 Å². The van der Waals surface area contributed by atoms with E-state index in [0.717, 1.165) is 21.7 Å². The normalized spacial score (nSPS) is 11.5. The second kappa shape index (κ2) is 7.62. The molecule has 29 heavy (non-hydrogen) atoms. The van der Waals surface area contributed by atoms with Gasteiger partial charge in [-0.15, -0.1) is 11.3 Å². The number of halogens is 1. The van der Waals surface area contributed by atoms with Crippen molar-refractivity contribution < 1.29 is 17.6 Å². The molecule has 0 spiro atoms. The number of anilines is 2. The molecule has 0 aliphatic heterocycles. The minimum absolute atomic E-state index is 0.200. The summed E-state index contributed by atoms with van der Waals surface area (Å²) in [7, 11) is -3.33. The third-order valence-corrected chi connectivity index (χ3v) is 5.77. The van der Waals surface area contributed by atoms with Gasteiger partial charge in [0.25, 0.3) is 5.91 Å². The molecule has 7 nitrogen and oxygen atoms in total. The van der Waals surface area contributed by atoms with Crippen LogP contribution in [0.5, 0.6) is 0 Å². The Bertz CT molecular complexity index is 1310. The van der Waals surface area contributed by atoms with Crippen LogP contribution in [0.1, 0.15) is 10.6 Å². The van der Waals surface area contributed by atoms with Crippen LogP contribution in [0, 0.1) is 0 Å². The molecule has 4 rings (SSSR count). The second-order valence-corrected chi connectivity index (χ2v) is 9.76. The molecule has 148 valence electrons. The van der Waals surface area contributed by atoms with Gasteiger partial charge in [0.2, 0.25) is 10.0 Å². The summed E-state index contributed by atoms with van der Waals surface area (Å²) >= 11 is 4.68. The van der Waals surface area contributed by atoms with Gasteiger partial charge in [0.15, 0.2) is 10.9 Å². The Morgan fingerprint density at radius 1 is 1.14 bits per heavy atom. The molecule has 0 saturated carbocycles. The SMILES string of the molecule is CS(=O)(=O)Nc1ccc(-c2csc(NC(=O)c3cc4cc(Br)ccc4o3)n2)cc1. The summed E-state index contributed by atoms with van der Waals surface area (Å²) in [6.07, 6.45) is 1.09. The molecule has 4 aromatic rings. The van der Waals surface area contributed by atoms with Crippen molar-refractivity contribution in [3.63, 3.8) is 0 Å². The third kappa shape index (κ3) is 4.66. The molecule has 2 aromatic heterocycles. The molecule has 0 aliphatic rings. The number of carbonyl (C=O) groups is 1. The maximum atomic E-state index is 12.5. The highest BCUT2D eigenvalue weighted by Gasteiger charge is 2.15. The van der Waals surface area contributed by atoms with E-state index in [9.17, 15) is 13.2 Å². The fourth-order valence-electron chi connectivity index (χ4n) is 2.67. The Labute approximate surface area is 179 Å². The number of fused-ring (bicyclic) bond motifs is 1. The van der Waals surface area contributed by atoms with Crippen molar-refractivity contribution in [2.24, 2.45) is 0 Å². The molecule has 0 fully saturated rings. The van der Waals surface area contributed by atoms with Crippen molar-refractivity contribution in [1.82, 2.24) is 4.98 Å². The van der Waals surface area contributed by atoms with E-state index in [1.165, 1.54) is 11.3 Å². The Morgan fingerprint density at radius 3 is 2.62 bits per heavy atom. The number of benzene rings is 2. The molecule has 2 N–H and O–H groups in total. The van der Waals surface area contributed by atoms with Gasteiger partial charge in [-0.25, -0.2) is 13.4 Å². The van der Waals surface area contributed by atoms with Crippen LogP contribution in [-0.2, 0) is 10.0 Å². The Morgan fingerprint density at radius 2 is 1.90 bits per heavy atom.